The summed E-state index contributed by atoms with van der Waals surface area (Å²) in [5.74, 6) is 0.131. The van der Waals surface area contributed by atoms with Gasteiger partial charge in [0.1, 0.15) is 11.6 Å². The highest BCUT2D eigenvalue weighted by atomic mass is 35.5. The number of hydrogen-bond acceptors (Lipinski definition) is 1. The van der Waals surface area contributed by atoms with Crippen molar-refractivity contribution in [2.45, 2.75) is 38.9 Å². The van der Waals surface area contributed by atoms with Crippen LogP contribution < -0.4 is 4.43 Å². The van der Waals surface area contributed by atoms with Crippen molar-refractivity contribution < 1.29 is 8.82 Å². The standard InChI is InChI=1S/C12H18ClFOSi/c1-12(2,3)16(4,5)15-9-6-7-10(13)11(14)8-9/h6-8H,1-5H3. The number of hydrogen-bond donors (Lipinski definition) is 0. The van der Waals surface area contributed by atoms with Gasteiger partial charge in [-0.15, -0.1) is 0 Å². The normalized spacial score (nSPS) is 12.7. The molecule has 0 aliphatic carbocycles. The molecule has 0 N–H and O–H groups in total. The fraction of sp³-hybridized carbons (Fsp3) is 0.500. The Kier molecular flexibility index (Phi) is 3.70. The topological polar surface area (TPSA) is 9.23 Å². The van der Waals surface area contributed by atoms with E-state index in [1.54, 1.807) is 6.07 Å². The van der Waals surface area contributed by atoms with E-state index < -0.39 is 14.1 Å². The highest BCUT2D eigenvalue weighted by Gasteiger charge is 2.39. The summed E-state index contributed by atoms with van der Waals surface area (Å²) in [4.78, 5) is 0. The summed E-state index contributed by atoms with van der Waals surface area (Å²) in [6, 6.07) is 4.59. The Labute approximate surface area is 103 Å². The Morgan fingerprint density at radius 1 is 1.25 bits per heavy atom. The lowest BCUT2D eigenvalue weighted by molar-refractivity contribution is 0.487. The summed E-state index contributed by atoms with van der Waals surface area (Å²) in [5.41, 5.74) is 0. The second-order valence-corrected chi connectivity index (χ2v) is 10.6. The van der Waals surface area contributed by atoms with Crippen molar-refractivity contribution in [3.63, 3.8) is 0 Å². The first-order valence-corrected chi connectivity index (χ1v) is 8.56. The van der Waals surface area contributed by atoms with Crippen LogP contribution in [0.3, 0.4) is 0 Å². The average Bonchev–Trinajstić information content (AvgIpc) is 2.09. The predicted octanol–water partition coefficient (Wildman–Crippen LogP) is 4.86. The monoisotopic (exact) mass is 260 g/mol. The van der Waals surface area contributed by atoms with Crippen LogP contribution in [0.2, 0.25) is 23.2 Å². The molecule has 0 unspecified atom stereocenters. The maximum absolute atomic E-state index is 13.3. The second kappa shape index (κ2) is 4.38. The van der Waals surface area contributed by atoms with Gasteiger partial charge >= 0.3 is 0 Å². The minimum Gasteiger partial charge on any atom is -0.543 e. The molecule has 0 radical (unpaired) electrons. The minimum atomic E-state index is -1.90. The van der Waals surface area contributed by atoms with Gasteiger partial charge in [-0.1, -0.05) is 32.4 Å². The zero-order valence-electron chi connectivity index (χ0n) is 10.4. The van der Waals surface area contributed by atoms with Gasteiger partial charge in [-0.05, 0) is 30.3 Å². The first-order valence-electron chi connectivity index (χ1n) is 5.27. The van der Waals surface area contributed by atoms with E-state index in [0.717, 1.165) is 0 Å². The highest BCUT2D eigenvalue weighted by Crippen LogP contribution is 2.37. The van der Waals surface area contributed by atoms with Crippen LogP contribution in [0.4, 0.5) is 4.39 Å². The molecule has 1 rings (SSSR count). The third kappa shape index (κ3) is 2.98. The molecule has 0 saturated carbocycles. The summed E-state index contributed by atoms with van der Waals surface area (Å²) in [7, 11) is -1.90. The molecule has 0 saturated heterocycles. The summed E-state index contributed by atoms with van der Waals surface area (Å²) in [6.07, 6.45) is 0. The SMILES string of the molecule is CC(C)(C)[Si](C)(C)Oc1ccc(Cl)c(F)c1. The van der Waals surface area contributed by atoms with Crippen LogP contribution in [0, 0.1) is 5.82 Å². The Morgan fingerprint density at radius 2 is 1.81 bits per heavy atom. The molecule has 16 heavy (non-hydrogen) atoms. The van der Waals surface area contributed by atoms with Crippen molar-refractivity contribution >= 4 is 19.9 Å². The minimum absolute atomic E-state index is 0.100. The summed E-state index contributed by atoms with van der Waals surface area (Å²) in [5, 5.41) is 0.228. The average molecular weight is 261 g/mol. The zero-order chi connectivity index (χ0) is 12.6. The van der Waals surface area contributed by atoms with Crippen molar-refractivity contribution in [2.75, 3.05) is 0 Å². The van der Waals surface area contributed by atoms with E-state index in [-0.39, 0.29) is 10.1 Å². The lowest BCUT2D eigenvalue weighted by Crippen LogP contribution is -2.43. The fourth-order valence-electron chi connectivity index (χ4n) is 0.988. The molecule has 1 aromatic carbocycles. The van der Waals surface area contributed by atoms with Crippen LogP contribution in [0.25, 0.3) is 0 Å². The van der Waals surface area contributed by atoms with Crippen LogP contribution in [0.1, 0.15) is 20.8 Å². The largest absolute Gasteiger partial charge is 0.543 e. The molecule has 0 amide bonds. The number of benzene rings is 1. The van der Waals surface area contributed by atoms with Gasteiger partial charge in [-0.2, -0.15) is 0 Å². The van der Waals surface area contributed by atoms with Crippen LogP contribution >= 0.6 is 11.6 Å². The predicted molar refractivity (Wildman–Crippen MR) is 69.2 cm³/mol. The summed E-state index contributed by atoms with van der Waals surface area (Å²) < 4.78 is 19.2. The molecular formula is C12H18ClFOSi. The van der Waals surface area contributed by atoms with Crippen LogP contribution in [-0.4, -0.2) is 8.32 Å². The van der Waals surface area contributed by atoms with Gasteiger partial charge in [0.05, 0.1) is 5.02 Å². The molecule has 0 heterocycles. The molecule has 90 valence electrons. The highest BCUT2D eigenvalue weighted by molar-refractivity contribution is 6.74. The molecule has 0 aromatic heterocycles. The molecule has 1 nitrogen and oxygen atoms in total. The fourth-order valence-corrected chi connectivity index (χ4v) is 2.13. The van der Waals surface area contributed by atoms with Crippen molar-refractivity contribution in [3.05, 3.63) is 29.0 Å². The van der Waals surface area contributed by atoms with Crippen molar-refractivity contribution in [1.82, 2.24) is 0 Å². The van der Waals surface area contributed by atoms with E-state index in [4.69, 9.17) is 16.0 Å². The number of halogens is 2. The molecule has 0 aliphatic heterocycles. The van der Waals surface area contributed by atoms with Gasteiger partial charge in [0, 0.05) is 6.07 Å². The van der Waals surface area contributed by atoms with E-state index in [1.807, 2.05) is 0 Å². The summed E-state index contributed by atoms with van der Waals surface area (Å²) in [6.45, 7) is 10.7. The Hall–Kier alpha value is -0.543. The van der Waals surface area contributed by atoms with E-state index in [9.17, 15) is 4.39 Å². The number of rotatable bonds is 2. The van der Waals surface area contributed by atoms with E-state index in [0.29, 0.717) is 5.75 Å². The second-order valence-electron chi connectivity index (χ2n) is 5.44. The molecule has 4 heteroatoms. The van der Waals surface area contributed by atoms with Gasteiger partial charge in [0.25, 0.3) is 0 Å². The van der Waals surface area contributed by atoms with Gasteiger partial charge in [0.15, 0.2) is 0 Å². The lowest BCUT2D eigenvalue weighted by Gasteiger charge is -2.36. The third-order valence-electron chi connectivity index (χ3n) is 3.07. The molecule has 0 aliphatic rings. The first-order chi connectivity index (χ1) is 7.13. The van der Waals surface area contributed by atoms with Gasteiger partial charge in [-0.25, -0.2) is 4.39 Å². The van der Waals surface area contributed by atoms with E-state index in [1.165, 1.54) is 12.1 Å². The molecule has 1 aromatic rings. The van der Waals surface area contributed by atoms with Gasteiger partial charge in [-0.3, -0.25) is 0 Å². The van der Waals surface area contributed by atoms with E-state index in [2.05, 4.69) is 33.9 Å². The zero-order valence-corrected chi connectivity index (χ0v) is 12.2. The third-order valence-corrected chi connectivity index (χ3v) is 7.74. The quantitative estimate of drug-likeness (QED) is 0.690. The molecule has 0 atom stereocenters. The lowest BCUT2D eigenvalue weighted by atomic mass is 10.2. The van der Waals surface area contributed by atoms with Crippen LogP contribution in [-0.2, 0) is 0 Å². The maximum Gasteiger partial charge on any atom is 0.250 e. The van der Waals surface area contributed by atoms with Gasteiger partial charge in [0.2, 0.25) is 8.32 Å². The van der Waals surface area contributed by atoms with Gasteiger partial charge < -0.3 is 4.43 Å². The Bertz CT molecular complexity index is 385. The van der Waals surface area contributed by atoms with Crippen LogP contribution in [0.5, 0.6) is 5.75 Å². The molecule has 0 fully saturated rings. The molecular weight excluding hydrogens is 243 g/mol. The summed E-state index contributed by atoms with van der Waals surface area (Å²) >= 11 is 5.62. The molecule has 0 spiro atoms. The van der Waals surface area contributed by atoms with Crippen molar-refractivity contribution in [1.29, 1.82) is 0 Å². The van der Waals surface area contributed by atoms with E-state index >= 15 is 0 Å². The maximum atomic E-state index is 13.3. The Morgan fingerprint density at radius 3 is 2.25 bits per heavy atom. The smallest absolute Gasteiger partial charge is 0.250 e. The molecule has 0 bridgehead atoms. The van der Waals surface area contributed by atoms with Crippen molar-refractivity contribution in [3.8, 4) is 5.75 Å². The van der Waals surface area contributed by atoms with Crippen LogP contribution in [0.15, 0.2) is 18.2 Å². The first kappa shape index (κ1) is 13.5. The Balaban J connectivity index is 2.93. The van der Waals surface area contributed by atoms with Crippen molar-refractivity contribution in [2.24, 2.45) is 0 Å².